The zero-order valence-corrected chi connectivity index (χ0v) is 41.6. The summed E-state index contributed by atoms with van der Waals surface area (Å²) in [4.78, 5) is 4.98. The molecule has 67 heavy (non-hydrogen) atoms. The monoisotopic (exact) mass is 1060 g/mol. The van der Waals surface area contributed by atoms with Crippen molar-refractivity contribution < 1.29 is 24.1 Å². The number of hydrogen-bond donors (Lipinski definition) is 0. The van der Waals surface area contributed by atoms with E-state index in [1.165, 1.54) is 72.0 Å². The predicted octanol–water partition coefficient (Wildman–Crippen LogP) is 16.2. The van der Waals surface area contributed by atoms with Gasteiger partial charge in [0.1, 0.15) is 0 Å². The number of nitrogens with zero attached hydrogens (tertiary/aromatic N) is 4. The molecular weight excluding hydrogens is 1000 g/mol. The first-order chi connectivity index (χ1) is 32.3. The van der Waals surface area contributed by atoms with Gasteiger partial charge in [0.15, 0.2) is 0 Å². The van der Waals surface area contributed by atoms with E-state index >= 15 is 0 Å². The van der Waals surface area contributed by atoms with Gasteiger partial charge in [-0.15, -0.1) is 0 Å². The molecule has 10 aromatic rings. The standard InChI is InChI=1S/C61H56N4O.Pt/c1-40-25-31-53(63-39-64(56-24-15-14-23-55(56)63)59-48(41-17-10-8-11-18-41)21-16-22-49(59)42-19-12-9-13-20-42)52-37-45(27-29-47(40)52)66-46-28-30-50-51-35-43(60(2,3)4)26-32-54(51)65(57(50)38-46)58-36-44(33-34-62-58)61(5,6)7;/h8-24,26-30,32-38,40,53H,25,31H2,1-7H3;. The second-order valence-corrected chi connectivity index (χ2v) is 21.4. The SMILES string of the molecule is CC1CCC(n2[c](=[Pt])n(-c3c(-c4ccccc4)cccc3-c3ccccc3)c3ccccc32)c2cc(Oc3ccc4c5cc(C(C)(C)C)ccc5n(-c5cc(C(C)(C)C)ccn5)c4c3)ccc21. The molecule has 5 nitrogen and oxygen atoms in total. The van der Waals surface area contributed by atoms with Gasteiger partial charge in [0.25, 0.3) is 0 Å². The number of rotatable bonds is 7. The first-order valence-corrected chi connectivity index (χ1v) is 24.8. The second kappa shape index (κ2) is 16.6. The van der Waals surface area contributed by atoms with Crippen LogP contribution in [0.5, 0.6) is 11.5 Å². The van der Waals surface area contributed by atoms with Gasteiger partial charge < -0.3 is 0 Å². The summed E-state index contributed by atoms with van der Waals surface area (Å²) in [5.74, 6) is 2.97. The molecule has 0 amide bonds. The Morgan fingerprint density at radius 1 is 0.522 bits per heavy atom. The summed E-state index contributed by atoms with van der Waals surface area (Å²) >= 11 is 2.60. The van der Waals surface area contributed by atoms with Crippen molar-refractivity contribution in [2.45, 2.75) is 84.1 Å². The van der Waals surface area contributed by atoms with Crippen LogP contribution in [0.2, 0.25) is 0 Å². The summed E-state index contributed by atoms with van der Waals surface area (Å²) in [6, 6.07) is 62.1. The number of fused-ring (bicyclic) bond motifs is 5. The van der Waals surface area contributed by atoms with Crippen molar-refractivity contribution in [2.24, 2.45) is 0 Å². The number of para-hydroxylation sites is 3. The van der Waals surface area contributed by atoms with E-state index in [1.807, 2.05) is 6.20 Å². The minimum atomic E-state index is -0.0189. The molecule has 0 saturated carbocycles. The van der Waals surface area contributed by atoms with E-state index in [2.05, 4.69) is 251 Å². The Morgan fingerprint density at radius 3 is 1.84 bits per heavy atom. The van der Waals surface area contributed by atoms with Crippen LogP contribution in [-0.2, 0) is 30.2 Å². The third-order valence-electron chi connectivity index (χ3n) is 14.0. The Hall–Kier alpha value is -6.55. The molecule has 0 spiro atoms. The summed E-state index contributed by atoms with van der Waals surface area (Å²) in [5.41, 5.74) is 15.8. The third-order valence-corrected chi connectivity index (χ3v) is 15.0. The van der Waals surface area contributed by atoms with Crippen LogP contribution in [0.25, 0.3) is 66.6 Å². The molecule has 2 unspecified atom stereocenters. The molecule has 7 aromatic carbocycles. The van der Waals surface area contributed by atoms with Crippen LogP contribution >= 0.6 is 0 Å². The van der Waals surface area contributed by atoms with Gasteiger partial charge in [0.05, 0.1) is 0 Å². The second-order valence-electron chi connectivity index (χ2n) is 20.4. The average molecular weight is 1060 g/mol. The van der Waals surface area contributed by atoms with Crippen LogP contribution in [0, 0.1) is 3.80 Å². The maximum absolute atomic E-state index is 6.99. The van der Waals surface area contributed by atoms with Crippen molar-refractivity contribution in [3.63, 3.8) is 0 Å². The normalized spacial score (nSPS) is 15.4. The van der Waals surface area contributed by atoms with Crippen LogP contribution < -0.4 is 4.74 Å². The Labute approximate surface area is 404 Å². The van der Waals surface area contributed by atoms with Gasteiger partial charge >= 0.3 is 302 Å². The molecule has 0 saturated heterocycles. The molecule has 0 aliphatic heterocycles. The topological polar surface area (TPSA) is 36.9 Å². The third kappa shape index (κ3) is 7.62. The number of aromatic nitrogens is 4. The molecule has 11 rings (SSSR count). The van der Waals surface area contributed by atoms with Crippen molar-refractivity contribution in [1.82, 2.24) is 18.7 Å². The van der Waals surface area contributed by atoms with Crippen molar-refractivity contribution in [2.75, 3.05) is 0 Å². The summed E-state index contributed by atoms with van der Waals surface area (Å²) in [5, 5.41) is 2.40. The average Bonchev–Trinajstić information content (AvgIpc) is 3.81. The van der Waals surface area contributed by atoms with E-state index < -0.39 is 0 Å². The Morgan fingerprint density at radius 2 is 1.15 bits per heavy atom. The first kappa shape index (κ1) is 43.0. The van der Waals surface area contributed by atoms with Gasteiger partial charge in [-0.1, -0.05) is 47.6 Å². The van der Waals surface area contributed by atoms with E-state index in [4.69, 9.17) is 9.72 Å². The van der Waals surface area contributed by atoms with E-state index in [-0.39, 0.29) is 16.9 Å². The molecule has 1 aliphatic rings. The van der Waals surface area contributed by atoms with Crippen LogP contribution in [0.4, 0.5) is 0 Å². The number of pyridine rings is 1. The van der Waals surface area contributed by atoms with Gasteiger partial charge in [0, 0.05) is 6.20 Å². The van der Waals surface area contributed by atoms with Gasteiger partial charge in [-0.25, -0.2) is 4.98 Å². The zero-order valence-electron chi connectivity index (χ0n) is 39.3. The molecule has 3 heterocycles. The Bertz CT molecular complexity index is 3510. The van der Waals surface area contributed by atoms with E-state index in [9.17, 15) is 0 Å². The molecular formula is C61H56N4OPt. The summed E-state index contributed by atoms with van der Waals surface area (Å²) < 4.78 is 15.6. The van der Waals surface area contributed by atoms with Gasteiger partial charge in [-0.05, 0) is 46.2 Å². The summed E-state index contributed by atoms with van der Waals surface area (Å²) in [6.45, 7) is 16.0. The molecule has 0 bridgehead atoms. The Kier molecular flexibility index (Phi) is 10.7. The van der Waals surface area contributed by atoms with Crippen LogP contribution in [-0.4, -0.2) is 18.7 Å². The fourth-order valence-electron chi connectivity index (χ4n) is 10.4. The first-order valence-electron chi connectivity index (χ1n) is 23.6. The fraction of sp³-hybridized carbons (Fsp3) is 0.213. The molecule has 0 N–H and O–H groups in total. The molecule has 6 heteroatoms. The van der Waals surface area contributed by atoms with E-state index in [0.29, 0.717) is 5.92 Å². The molecule has 0 fully saturated rings. The Balaban J connectivity index is 1.05. The maximum atomic E-state index is 6.99. The minimum absolute atomic E-state index is 0.0148. The van der Waals surface area contributed by atoms with Crippen LogP contribution in [0.3, 0.4) is 0 Å². The molecule has 3 aromatic heterocycles. The summed E-state index contributed by atoms with van der Waals surface area (Å²) in [7, 11) is 0. The van der Waals surface area contributed by atoms with Gasteiger partial charge in [-0.3, -0.25) is 0 Å². The van der Waals surface area contributed by atoms with Gasteiger partial charge in [0.2, 0.25) is 0 Å². The van der Waals surface area contributed by atoms with Crippen molar-refractivity contribution in [1.29, 1.82) is 0 Å². The van der Waals surface area contributed by atoms with Crippen molar-refractivity contribution in [3.8, 4) is 45.3 Å². The van der Waals surface area contributed by atoms with E-state index in [0.717, 1.165) is 45.0 Å². The van der Waals surface area contributed by atoms with Crippen molar-refractivity contribution in [3.05, 3.63) is 202 Å². The number of ether oxygens (including phenoxy) is 1. The van der Waals surface area contributed by atoms with Crippen LogP contribution in [0.15, 0.2) is 176 Å². The van der Waals surface area contributed by atoms with E-state index in [1.54, 1.807) is 0 Å². The number of hydrogen-bond acceptors (Lipinski definition) is 2. The van der Waals surface area contributed by atoms with Crippen LogP contribution in [0.1, 0.15) is 95.5 Å². The molecule has 0 radical (unpaired) electrons. The molecule has 2 atom stereocenters. The fourth-order valence-corrected chi connectivity index (χ4v) is 11.5. The van der Waals surface area contributed by atoms with Crippen molar-refractivity contribution >= 4 is 32.8 Å². The summed E-state index contributed by atoms with van der Waals surface area (Å²) in [6.07, 6.45) is 4.06. The molecule has 1 aliphatic carbocycles. The zero-order chi connectivity index (χ0) is 46.2. The number of benzene rings is 7. The number of imidazole rings is 1. The molecule has 336 valence electrons. The predicted molar refractivity (Wildman–Crippen MR) is 274 cm³/mol. The van der Waals surface area contributed by atoms with Gasteiger partial charge in [-0.2, -0.15) is 0 Å². The quantitative estimate of drug-likeness (QED) is 0.159.